The number of aryl methyl sites for hydroxylation is 1. The van der Waals surface area contributed by atoms with Gasteiger partial charge in [-0.25, -0.2) is 8.42 Å². The molecule has 1 heterocycles. The third kappa shape index (κ3) is 3.67. The Morgan fingerprint density at radius 1 is 1.15 bits per heavy atom. The summed E-state index contributed by atoms with van der Waals surface area (Å²) in [7, 11) is 0.532. The van der Waals surface area contributed by atoms with Gasteiger partial charge in [-0.1, -0.05) is 12.1 Å². The molecule has 3 rings (SSSR count). The number of nitrogens with zero attached hydrogens (tertiary/aromatic N) is 2. The van der Waals surface area contributed by atoms with Crippen LogP contribution in [0.3, 0.4) is 0 Å². The van der Waals surface area contributed by atoms with Crippen LogP contribution in [0.4, 0.5) is 17.1 Å². The summed E-state index contributed by atoms with van der Waals surface area (Å²) < 4.78 is 25.3. The van der Waals surface area contributed by atoms with Crippen LogP contribution >= 0.6 is 0 Å². The monoisotopic (exact) mass is 373 g/mol. The summed E-state index contributed by atoms with van der Waals surface area (Å²) in [6.07, 6.45) is 2.71. The third-order valence-electron chi connectivity index (χ3n) is 4.45. The Hall–Kier alpha value is -2.54. The van der Waals surface area contributed by atoms with Gasteiger partial charge in [0.1, 0.15) is 0 Å². The van der Waals surface area contributed by atoms with Crippen molar-refractivity contribution in [2.45, 2.75) is 12.8 Å². The van der Waals surface area contributed by atoms with Crippen LogP contribution in [0, 0.1) is 0 Å². The van der Waals surface area contributed by atoms with E-state index in [4.69, 9.17) is 0 Å². The average molecular weight is 373 g/mol. The largest absolute Gasteiger partial charge is 0.376 e. The molecule has 0 atom stereocenters. The topological polar surface area (TPSA) is 69.7 Å². The van der Waals surface area contributed by atoms with Crippen molar-refractivity contribution in [3.8, 4) is 0 Å². The molecule has 1 aliphatic rings. The number of benzene rings is 2. The SMILES string of the molecule is CN(C)c1ccccc1NC(=O)c1ccc2c(c1)CCCN2S(C)(=O)=O. The molecule has 6 nitrogen and oxygen atoms in total. The van der Waals surface area contributed by atoms with Gasteiger partial charge in [0.25, 0.3) is 5.91 Å². The first-order valence-corrected chi connectivity index (χ1v) is 10.3. The van der Waals surface area contributed by atoms with Gasteiger partial charge in [0.05, 0.1) is 23.3 Å². The Balaban J connectivity index is 1.88. The van der Waals surface area contributed by atoms with Crippen LogP contribution in [-0.4, -0.2) is 41.2 Å². The first kappa shape index (κ1) is 18.3. The van der Waals surface area contributed by atoms with Gasteiger partial charge in [-0.15, -0.1) is 0 Å². The predicted octanol–water partition coefficient (Wildman–Crippen LogP) is 2.72. The van der Waals surface area contributed by atoms with E-state index in [0.717, 1.165) is 29.8 Å². The molecule has 0 radical (unpaired) electrons. The predicted molar refractivity (Wildman–Crippen MR) is 106 cm³/mol. The number of amides is 1. The quantitative estimate of drug-likeness (QED) is 0.895. The number of hydrogen-bond acceptors (Lipinski definition) is 4. The Morgan fingerprint density at radius 3 is 2.58 bits per heavy atom. The zero-order chi connectivity index (χ0) is 18.9. The Bertz CT molecular complexity index is 939. The third-order valence-corrected chi connectivity index (χ3v) is 5.63. The van der Waals surface area contributed by atoms with Gasteiger partial charge < -0.3 is 10.2 Å². The van der Waals surface area contributed by atoms with E-state index < -0.39 is 10.0 Å². The van der Waals surface area contributed by atoms with E-state index in [1.807, 2.05) is 43.3 Å². The maximum absolute atomic E-state index is 12.7. The van der Waals surface area contributed by atoms with Gasteiger partial charge in [0.2, 0.25) is 10.0 Å². The smallest absolute Gasteiger partial charge is 0.255 e. The van der Waals surface area contributed by atoms with E-state index >= 15 is 0 Å². The molecule has 2 aromatic rings. The Labute approximate surface area is 154 Å². The highest BCUT2D eigenvalue weighted by atomic mass is 32.2. The van der Waals surface area contributed by atoms with E-state index in [0.29, 0.717) is 17.8 Å². The van der Waals surface area contributed by atoms with Gasteiger partial charge in [0, 0.05) is 26.2 Å². The van der Waals surface area contributed by atoms with E-state index in [-0.39, 0.29) is 5.91 Å². The van der Waals surface area contributed by atoms with Gasteiger partial charge >= 0.3 is 0 Å². The fourth-order valence-electron chi connectivity index (χ4n) is 3.21. The summed E-state index contributed by atoms with van der Waals surface area (Å²) in [5, 5.41) is 2.94. The van der Waals surface area contributed by atoms with E-state index in [1.54, 1.807) is 18.2 Å². The number of nitrogens with one attached hydrogen (secondary N) is 1. The lowest BCUT2D eigenvalue weighted by atomic mass is 10.0. The minimum absolute atomic E-state index is 0.210. The van der Waals surface area contributed by atoms with Crippen molar-refractivity contribution in [1.29, 1.82) is 0 Å². The van der Waals surface area contributed by atoms with Gasteiger partial charge in [0.15, 0.2) is 0 Å². The number of rotatable bonds is 4. The van der Waals surface area contributed by atoms with Crippen molar-refractivity contribution in [2.24, 2.45) is 0 Å². The highest BCUT2D eigenvalue weighted by Crippen LogP contribution is 2.30. The summed E-state index contributed by atoms with van der Waals surface area (Å²) in [4.78, 5) is 14.6. The number of sulfonamides is 1. The van der Waals surface area contributed by atoms with Crippen molar-refractivity contribution >= 4 is 33.0 Å². The molecule has 1 amide bonds. The molecular weight excluding hydrogens is 350 g/mol. The van der Waals surface area contributed by atoms with Crippen molar-refractivity contribution < 1.29 is 13.2 Å². The average Bonchev–Trinajstić information content (AvgIpc) is 2.60. The Kier molecular flexibility index (Phi) is 4.91. The second kappa shape index (κ2) is 6.99. The molecule has 2 aromatic carbocycles. The number of hydrogen-bond donors (Lipinski definition) is 1. The van der Waals surface area contributed by atoms with Crippen LogP contribution in [-0.2, 0) is 16.4 Å². The summed E-state index contributed by atoms with van der Waals surface area (Å²) in [5.74, 6) is -0.210. The number of anilines is 3. The molecule has 0 unspecified atom stereocenters. The molecule has 7 heteroatoms. The summed E-state index contributed by atoms with van der Waals surface area (Å²) in [6, 6.07) is 12.8. The van der Waals surface area contributed by atoms with E-state index in [1.165, 1.54) is 10.6 Å². The van der Waals surface area contributed by atoms with Crippen LogP contribution in [0.5, 0.6) is 0 Å². The maximum Gasteiger partial charge on any atom is 0.255 e. The Morgan fingerprint density at radius 2 is 1.88 bits per heavy atom. The molecule has 26 heavy (non-hydrogen) atoms. The van der Waals surface area contributed by atoms with Crippen LogP contribution < -0.4 is 14.5 Å². The number of carbonyl (C=O) groups excluding carboxylic acids is 1. The van der Waals surface area contributed by atoms with E-state index in [2.05, 4.69) is 5.32 Å². The van der Waals surface area contributed by atoms with Crippen molar-refractivity contribution in [3.05, 3.63) is 53.6 Å². The van der Waals surface area contributed by atoms with Crippen LogP contribution in [0.1, 0.15) is 22.3 Å². The van der Waals surface area contributed by atoms with Crippen LogP contribution in [0.15, 0.2) is 42.5 Å². The summed E-state index contributed by atoms with van der Waals surface area (Å²) >= 11 is 0. The lowest BCUT2D eigenvalue weighted by Gasteiger charge is -2.29. The minimum Gasteiger partial charge on any atom is -0.376 e. The lowest BCUT2D eigenvalue weighted by Crippen LogP contribution is -2.34. The van der Waals surface area contributed by atoms with Crippen molar-refractivity contribution in [2.75, 3.05) is 41.4 Å². The second-order valence-corrected chi connectivity index (χ2v) is 8.55. The van der Waals surface area contributed by atoms with E-state index in [9.17, 15) is 13.2 Å². The normalized spacial score (nSPS) is 13.9. The molecule has 0 fully saturated rings. The first-order chi connectivity index (χ1) is 12.3. The van der Waals surface area contributed by atoms with Gasteiger partial charge in [-0.2, -0.15) is 0 Å². The molecule has 0 saturated heterocycles. The fraction of sp³-hybridized carbons (Fsp3) is 0.316. The molecular formula is C19H23N3O3S. The number of carbonyl (C=O) groups is 1. The summed E-state index contributed by atoms with van der Waals surface area (Å²) in [5.41, 5.74) is 3.73. The first-order valence-electron chi connectivity index (χ1n) is 8.46. The molecule has 1 N–H and O–H groups in total. The van der Waals surface area contributed by atoms with Crippen LogP contribution in [0.2, 0.25) is 0 Å². The molecule has 138 valence electrons. The number of para-hydroxylation sites is 2. The fourth-order valence-corrected chi connectivity index (χ4v) is 4.21. The molecule has 0 bridgehead atoms. The van der Waals surface area contributed by atoms with Gasteiger partial charge in [-0.3, -0.25) is 9.10 Å². The standard InChI is InChI=1S/C19H23N3O3S/c1-21(2)18-9-5-4-8-16(18)20-19(23)15-10-11-17-14(13-15)7-6-12-22(17)26(3,24)25/h4-5,8-11,13H,6-7,12H2,1-3H3,(H,20,23). The van der Waals surface area contributed by atoms with Crippen molar-refractivity contribution in [1.82, 2.24) is 0 Å². The minimum atomic E-state index is -3.31. The molecule has 0 saturated carbocycles. The van der Waals surface area contributed by atoms with Gasteiger partial charge in [-0.05, 0) is 48.7 Å². The second-order valence-electron chi connectivity index (χ2n) is 6.65. The summed E-state index contributed by atoms with van der Waals surface area (Å²) in [6.45, 7) is 0.480. The molecule has 0 aromatic heterocycles. The zero-order valence-electron chi connectivity index (χ0n) is 15.2. The van der Waals surface area contributed by atoms with Crippen molar-refractivity contribution in [3.63, 3.8) is 0 Å². The zero-order valence-corrected chi connectivity index (χ0v) is 16.0. The molecule has 0 spiro atoms. The lowest BCUT2D eigenvalue weighted by molar-refractivity contribution is 0.102. The maximum atomic E-state index is 12.7. The molecule has 0 aliphatic carbocycles. The highest BCUT2D eigenvalue weighted by molar-refractivity contribution is 7.92. The molecule has 1 aliphatic heterocycles. The highest BCUT2D eigenvalue weighted by Gasteiger charge is 2.24. The number of fused-ring (bicyclic) bond motifs is 1. The van der Waals surface area contributed by atoms with Crippen LogP contribution in [0.25, 0.3) is 0 Å².